The van der Waals surface area contributed by atoms with Crippen LogP contribution in [0.25, 0.3) is 0 Å². The lowest BCUT2D eigenvalue weighted by Crippen LogP contribution is -1.79. The molecule has 15 heavy (non-hydrogen) atoms. The lowest BCUT2D eigenvalue weighted by atomic mass is 10.4. The maximum Gasteiger partial charge on any atom is 0.193 e. The minimum absolute atomic E-state index is 0.460. The van der Waals surface area contributed by atoms with E-state index in [1.807, 2.05) is 17.8 Å². The van der Waals surface area contributed by atoms with Gasteiger partial charge in [-0.05, 0) is 56.7 Å². The predicted molar refractivity (Wildman–Crippen MR) is 70.7 cm³/mol. The van der Waals surface area contributed by atoms with Crippen LogP contribution < -0.4 is 0 Å². The van der Waals surface area contributed by atoms with Gasteiger partial charge in [0.2, 0.25) is 0 Å². The summed E-state index contributed by atoms with van der Waals surface area (Å²) >= 11 is 12.7. The highest BCUT2D eigenvalue weighted by atomic mass is 79.9. The molecule has 0 saturated heterocycles. The number of thiophene rings is 1. The van der Waals surface area contributed by atoms with Gasteiger partial charge in [-0.15, -0.1) is 23.1 Å². The highest BCUT2D eigenvalue weighted by molar-refractivity contribution is 9.11. The van der Waals surface area contributed by atoms with Gasteiger partial charge >= 0.3 is 0 Å². The Balaban J connectivity index is 1.83. The van der Waals surface area contributed by atoms with Crippen molar-refractivity contribution in [1.82, 2.24) is 0 Å². The second-order valence-corrected chi connectivity index (χ2v) is 6.51. The van der Waals surface area contributed by atoms with Gasteiger partial charge in [0, 0.05) is 5.75 Å². The molecule has 5 heteroatoms. The predicted octanol–water partition coefficient (Wildman–Crippen LogP) is 5.19. The van der Waals surface area contributed by atoms with Crippen molar-refractivity contribution in [3.05, 3.63) is 43.9 Å². The van der Waals surface area contributed by atoms with Crippen LogP contribution in [0.1, 0.15) is 11.3 Å². The molecule has 2 rings (SSSR count). The molecule has 0 aliphatic carbocycles. The van der Waals surface area contributed by atoms with Crippen LogP contribution in [0.2, 0.25) is 5.22 Å². The van der Waals surface area contributed by atoms with E-state index in [0.717, 1.165) is 17.3 Å². The molecular weight excluding hydrogens is 316 g/mol. The van der Waals surface area contributed by atoms with E-state index in [-0.39, 0.29) is 0 Å². The van der Waals surface area contributed by atoms with Crippen molar-refractivity contribution in [3.63, 3.8) is 0 Å². The average Bonchev–Trinajstić information content (AvgIpc) is 2.77. The van der Waals surface area contributed by atoms with Gasteiger partial charge in [-0.1, -0.05) is 0 Å². The molecule has 1 nitrogen and oxygen atoms in total. The second kappa shape index (κ2) is 5.43. The fraction of sp³-hybridized carbons (Fsp3) is 0.200. The molecule has 0 radical (unpaired) electrons. The van der Waals surface area contributed by atoms with Crippen molar-refractivity contribution in [2.45, 2.75) is 11.5 Å². The fourth-order valence-corrected chi connectivity index (χ4v) is 3.71. The van der Waals surface area contributed by atoms with E-state index >= 15 is 0 Å². The Morgan fingerprint density at radius 3 is 2.80 bits per heavy atom. The molecule has 0 aromatic carbocycles. The highest BCUT2D eigenvalue weighted by Crippen LogP contribution is 2.28. The summed E-state index contributed by atoms with van der Waals surface area (Å²) in [6, 6.07) is 5.83. The first-order valence-electron chi connectivity index (χ1n) is 4.29. The molecule has 0 bridgehead atoms. The van der Waals surface area contributed by atoms with Crippen LogP contribution >= 0.6 is 50.6 Å². The summed E-state index contributed by atoms with van der Waals surface area (Å²) in [5.41, 5.74) is 1.34. The third-order valence-electron chi connectivity index (χ3n) is 1.82. The molecular formula is C10H8BrClOS2. The molecule has 0 amide bonds. The average molecular weight is 324 g/mol. The quantitative estimate of drug-likeness (QED) is 0.768. The third kappa shape index (κ3) is 3.28. The second-order valence-electron chi connectivity index (χ2n) is 2.92. The molecule has 0 saturated carbocycles. The van der Waals surface area contributed by atoms with Gasteiger partial charge in [0.25, 0.3) is 0 Å². The first kappa shape index (κ1) is 11.6. The monoisotopic (exact) mass is 322 g/mol. The number of furan rings is 1. The van der Waals surface area contributed by atoms with Gasteiger partial charge in [-0.2, -0.15) is 0 Å². The molecule has 0 unspecified atom stereocenters. The summed E-state index contributed by atoms with van der Waals surface area (Å²) in [6.45, 7) is 0. The number of rotatable bonds is 4. The van der Waals surface area contributed by atoms with Crippen LogP contribution in [0.5, 0.6) is 0 Å². The Morgan fingerprint density at radius 1 is 1.33 bits per heavy atom. The Kier molecular flexibility index (Phi) is 4.20. The lowest BCUT2D eigenvalue weighted by Gasteiger charge is -1.97. The first-order chi connectivity index (χ1) is 7.25. The van der Waals surface area contributed by atoms with Gasteiger partial charge in [-0.3, -0.25) is 0 Å². The molecule has 2 aromatic heterocycles. The summed E-state index contributed by atoms with van der Waals surface area (Å²) < 4.78 is 6.48. The molecule has 0 atom stereocenters. The zero-order chi connectivity index (χ0) is 10.7. The molecule has 0 N–H and O–H groups in total. The summed E-state index contributed by atoms with van der Waals surface area (Å²) in [5.74, 6) is 2.77. The van der Waals surface area contributed by atoms with Crippen molar-refractivity contribution in [3.8, 4) is 0 Å². The van der Waals surface area contributed by atoms with Gasteiger partial charge in [0.05, 0.1) is 9.54 Å². The summed E-state index contributed by atoms with van der Waals surface area (Å²) in [6.07, 6.45) is 0. The van der Waals surface area contributed by atoms with E-state index in [1.54, 1.807) is 17.4 Å². The Morgan fingerprint density at radius 2 is 2.20 bits per heavy atom. The van der Waals surface area contributed by atoms with E-state index in [1.165, 1.54) is 9.35 Å². The zero-order valence-corrected chi connectivity index (χ0v) is 11.7. The van der Waals surface area contributed by atoms with Gasteiger partial charge in [0.1, 0.15) is 5.76 Å². The maximum absolute atomic E-state index is 5.68. The number of hydrogen-bond donors (Lipinski definition) is 0. The zero-order valence-electron chi connectivity index (χ0n) is 7.70. The Bertz CT molecular complexity index is 438. The molecule has 80 valence electrons. The van der Waals surface area contributed by atoms with Gasteiger partial charge in [-0.25, -0.2) is 0 Å². The van der Waals surface area contributed by atoms with Crippen LogP contribution in [-0.2, 0) is 11.5 Å². The molecule has 0 spiro atoms. The molecule has 2 aromatic rings. The Hall–Kier alpha value is 0.1000. The van der Waals surface area contributed by atoms with Crippen molar-refractivity contribution < 1.29 is 4.42 Å². The fourth-order valence-electron chi connectivity index (χ4n) is 1.11. The van der Waals surface area contributed by atoms with Crippen molar-refractivity contribution in [2.24, 2.45) is 0 Å². The van der Waals surface area contributed by atoms with E-state index in [2.05, 4.69) is 27.4 Å². The largest absolute Gasteiger partial charge is 0.449 e. The van der Waals surface area contributed by atoms with E-state index in [4.69, 9.17) is 16.0 Å². The summed E-state index contributed by atoms with van der Waals surface area (Å²) in [5, 5.41) is 2.55. The number of thioether (sulfide) groups is 1. The Labute approximate surface area is 110 Å². The van der Waals surface area contributed by atoms with Crippen LogP contribution in [0.3, 0.4) is 0 Å². The van der Waals surface area contributed by atoms with E-state index in [0.29, 0.717) is 5.22 Å². The van der Waals surface area contributed by atoms with Crippen molar-refractivity contribution in [2.75, 3.05) is 0 Å². The summed E-state index contributed by atoms with van der Waals surface area (Å²) in [4.78, 5) is 0. The number of hydrogen-bond acceptors (Lipinski definition) is 3. The normalized spacial score (nSPS) is 10.8. The van der Waals surface area contributed by atoms with E-state index < -0.39 is 0 Å². The topological polar surface area (TPSA) is 13.1 Å². The van der Waals surface area contributed by atoms with Crippen molar-refractivity contribution in [1.29, 1.82) is 0 Å². The van der Waals surface area contributed by atoms with Crippen LogP contribution in [0, 0.1) is 0 Å². The smallest absolute Gasteiger partial charge is 0.193 e. The molecule has 0 aliphatic heterocycles. The SMILES string of the molecule is Clc1ccc(CSCc2ccsc2Br)o1. The van der Waals surface area contributed by atoms with Gasteiger partial charge < -0.3 is 4.42 Å². The minimum atomic E-state index is 0.460. The van der Waals surface area contributed by atoms with Crippen LogP contribution in [0.4, 0.5) is 0 Å². The standard InChI is InChI=1S/C10H8BrClOS2/c11-10-7(3-4-15-10)5-14-6-8-1-2-9(12)13-8/h1-4H,5-6H2. The van der Waals surface area contributed by atoms with Crippen molar-refractivity contribution >= 4 is 50.6 Å². The highest BCUT2D eigenvalue weighted by Gasteiger charge is 2.03. The lowest BCUT2D eigenvalue weighted by molar-refractivity contribution is 0.532. The third-order valence-corrected chi connectivity index (χ3v) is 4.84. The molecule has 0 fully saturated rings. The van der Waals surface area contributed by atoms with Crippen LogP contribution in [-0.4, -0.2) is 0 Å². The molecule has 0 aliphatic rings. The summed E-state index contributed by atoms with van der Waals surface area (Å²) in [7, 11) is 0. The first-order valence-corrected chi connectivity index (χ1v) is 7.50. The number of halogens is 2. The minimum Gasteiger partial charge on any atom is -0.449 e. The maximum atomic E-state index is 5.68. The molecule has 2 heterocycles. The van der Waals surface area contributed by atoms with Gasteiger partial charge in [0.15, 0.2) is 5.22 Å². The van der Waals surface area contributed by atoms with E-state index in [9.17, 15) is 0 Å². The van der Waals surface area contributed by atoms with Crippen LogP contribution in [0.15, 0.2) is 31.8 Å².